The normalized spacial score (nSPS) is 17.4. The van der Waals surface area contributed by atoms with Crippen molar-refractivity contribution in [2.45, 2.75) is 45.6 Å². The molecule has 0 aromatic carbocycles. The van der Waals surface area contributed by atoms with Crippen LogP contribution in [0.2, 0.25) is 0 Å². The van der Waals surface area contributed by atoms with E-state index in [1.807, 2.05) is 6.92 Å². The number of nitrogens with one attached hydrogen (secondary N) is 1. The van der Waals surface area contributed by atoms with Gasteiger partial charge in [-0.3, -0.25) is 9.59 Å². The van der Waals surface area contributed by atoms with E-state index < -0.39 is 0 Å². The monoisotopic (exact) mass is 256 g/mol. The number of hydrogen-bond donors (Lipinski definition) is 1. The van der Waals surface area contributed by atoms with Gasteiger partial charge in [0, 0.05) is 39.5 Å². The molecule has 1 N–H and O–H groups in total. The Balaban J connectivity index is 2.12. The number of piperidine rings is 1. The van der Waals surface area contributed by atoms with E-state index in [0.29, 0.717) is 13.0 Å². The van der Waals surface area contributed by atoms with Crippen LogP contribution in [-0.4, -0.2) is 49.1 Å². The Bertz CT molecular complexity index is 273. The second-order valence-corrected chi connectivity index (χ2v) is 4.76. The van der Waals surface area contributed by atoms with E-state index in [1.54, 1.807) is 0 Å². The van der Waals surface area contributed by atoms with E-state index in [0.717, 1.165) is 38.9 Å². The van der Waals surface area contributed by atoms with Crippen molar-refractivity contribution in [3.63, 3.8) is 0 Å². The average Bonchev–Trinajstić information content (AvgIpc) is 2.31. The molecule has 1 rings (SSSR count). The molecule has 0 unspecified atom stereocenters. The third-order valence-electron chi connectivity index (χ3n) is 3.09. The summed E-state index contributed by atoms with van der Waals surface area (Å²) < 4.78 is 5.39. The molecule has 5 heteroatoms. The van der Waals surface area contributed by atoms with E-state index in [-0.39, 0.29) is 18.0 Å². The topological polar surface area (TPSA) is 58.6 Å². The standard InChI is InChI=1S/C13H24N2O3/c1-3-4-13(17)18-12-5-8-15(9-6-12)10-7-14-11(2)16/h12H,3-10H2,1-2H3,(H,14,16). The summed E-state index contributed by atoms with van der Waals surface area (Å²) in [4.78, 5) is 24.4. The van der Waals surface area contributed by atoms with E-state index in [9.17, 15) is 9.59 Å². The summed E-state index contributed by atoms with van der Waals surface area (Å²) in [6, 6.07) is 0. The van der Waals surface area contributed by atoms with Crippen LogP contribution >= 0.6 is 0 Å². The Labute approximate surface area is 109 Å². The molecule has 1 aliphatic rings. The summed E-state index contributed by atoms with van der Waals surface area (Å²) >= 11 is 0. The van der Waals surface area contributed by atoms with E-state index in [2.05, 4.69) is 10.2 Å². The molecule has 0 aliphatic carbocycles. The molecule has 0 bridgehead atoms. The lowest BCUT2D eigenvalue weighted by molar-refractivity contribution is -0.151. The maximum absolute atomic E-state index is 11.4. The van der Waals surface area contributed by atoms with Gasteiger partial charge in [0.15, 0.2) is 0 Å². The fraction of sp³-hybridized carbons (Fsp3) is 0.846. The predicted octanol–water partition coefficient (Wildman–Crippen LogP) is 0.930. The summed E-state index contributed by atoms with van der Waals surface area (Å²) in [5.74, 6) is -0.0624. The first kappa shape index (κ1) is 15.0. The van der Waals surface area contributed by atoms with Gasteiger partial charge in [-0.15, -0.1) is 0 Å². The molecule has 0 radical (unpaired) electrons. The van der Waals surface area contributed by atoms with Crippen molar-refractivity contribution in [3.8, 4) is 0 Å². The van der Waals surface area contributed by atoms with Gasteiger partial charge in [0.2, 0.25) is 5.91 Å². The Morgan fingerprint density at radius 2 is 2.00 bits per heavy atom. The first-order valence-corrected chi connectivity index (χ1v) is 6.78. The van der Waals surface area contributed by atoms with Gasteiger partial charge in [-0.05, 0) is 19.3 Å². The molecule has 18 heavy (non-hydrogen) atoms. The Morgan fingerprint density at radius 1 is 1.33 bits per heavy atom. The van der Waals surface area contributed by atoms with Crippen LogP contribution in [0.5, 0.6) is 0 Å². The maximum Gasteiger partial charge on any atom is 0.306 e. The zero-order chi connectivity index (χ0) is 13.4. The molecule has 1 saturated heterocycles. The maximum atomic E-state index is 11.4. The Kier molecular flexibility index (Phi) is 6.72. The highest BCUT2D eigenvalue weighted by molar-refractivity contribution is 5.72. The van der Waals surface area contributed by atoms with Gasteiger partial charge in [0.05, 0.1) is 0 Å². The number of carbonyl (C=O) groups is 2. The molecule has 1 heterocycles. The first-order chi connectivity index (χ1) is 8.61. The van der Waals surface area contributed by atoms with Crippen LogP contribution in [0.15, 0.2) is 0 Å². The van der Waals surface area contributed by atoms with Crippen molar-refractivity contribution in [1.82, 2.24) is 10.2 Å². The summed E-state index contributed by atoms with van der Waals surface area (Å²) in [6.45, 7) is 6.93. The van der Waals surface area contributed by atoms with Gasteiger partial charge in [-0.1, -0.05) is 6.92 Å². The van der Waals surface area contributed by atoms with Gasteiger partial charge in [-0.25, -0.2) is 0 Å². The fourth-order valence-electron chi connectivity index (χ4n) is 2.09. The molecule has 0 aromatic heterocycles. The summed E-state index contributed by atoms with van der Waals surface area (Å²) in [5.41, 5.74) is 0. The molecule has 104 valence electrons. The van der Waals surface area contributed by atoms with Gasteiger partial charge >= 0.3 is 5.97 Å². The molecule has 0 saturated carbocycles. The Hall–Kier alpha value is -1.10. The van der Waals surface area contributed by atoms with Crippen molar-refractivity contribution >= 4 is 11.9 Å². The zero-order valence-electron chi connectivity index (χ0n) is 11.4. The SMILES string of the molecule is CCCC(=O)OC1CCN(CCNC(C)=O)CC1. The van der Waals surface area contributed by atoms with Crippen LogP contribution in [0, 0.1) is 0 Å². The number of hydrogen-bond acceptors (Lipinski definition) is 4. The smallest absolute Gasteiger partial charge is 0.306 e. The minimum atomic E-state index is -0.0748. The highest BCUT2D eigenvalue weighted by Gasteiger charge is 2.21. The lowest BCUT2D eigenvalue weighted by Gasteiger charge is -2.31. The number of rotatable bonds is 6. The molecule has 0 aromatic rings. The lowest BCUT2D eigenvalue weighted by Crippen LogP contribution is -2.41. The van der Waals surface area contributed by atoms with Gasteiger partial charge in [-0.2, -0.15) is 0 Å². The molecule has 1 amide bonds. The van der Waals surface area contributed by atoms with Gasteiger partial charge < -0.3 is 15.0 Å². The van der Waals surface area contributed by atoms with Crippen LogP contribution in [-0.2, 0) is 14.3 Å². The zero-order valence-corrected chi connectivity index (χ0v) is 11.4. The summed E-state index contributed by atoms with van der Waals surface area (Å²) in [5, 5.41) is 2.79. The van der Waals surface area contributed by atoms with Gasteiger partial charge in [0.1, 0.15) is 6.10 Å². The predicted molar refractivity (Wildman–Crippen MR) is 69.1 cm³/mol. The minimum Gasteiger partial charge on any atom is -0.462 e. The molecule has 0 spiro atoms. The van der Waals surface area contributed by atoms with Crippen LogP contribution < -0.4 is 5.32 Å². The summed E-state index contributed by atoms with van der Waals surface area (Å²) in [7, 11) is 0. The van der Waals surface area contributed by atoms with Crippen molar-refractivity contribution in [2.24, 2.45) is 0 Å². The minimum absolute atomic E-state index is 0.0124. The van der Waals surface area contributed by atoms with Gasteiger partial charge in [0.25, 0.3) is 0 Å². The average molecular weight is 256 g/mol. The lowest BCUT2D eigenvalue weighted by atomic mass is 10.1. The highest BCUT2D eigenvalue weighted by Crippen LogP contribution is 2.14. The quantitative estimate of drug-likeness (QED) is 0.718. The Morgan fingerprint density at radius 3 is 2.56 bits per heavy atom. The van der Waals surface area contributed by atoms with Crippen molar-refractivity contribution in [1.29, 1.82) is 0 Å². The second kappa shape index (κ2) is 8.08. The van der Waals surface area contributed by atoms with Crippen LogP contribution in [0.25, 0.3) is 0 Å². The highest BCUT2D eigenvalue weighted by atomic mass is 16.5. The number of amides is 1. The molecular weight excluding hydrogens is 232 g/mol. The van der Waals surface area contributed by atoms with E-state index >= 15 is 0 Å². The third kappa shape index (κ3) is 6.00. The largest absolute Gasteiger partial charge is 0.462 e. The first-order valence-electron chi connectivity index (χ1n) is 6.78. The third-order valence-corrected chi connectivity index (χ3v) is 3.09. The number of ether oxygens (including phenoxy) is 1. The number of carbonyl (C=O) groups excluding carboxylic acids is 2. The fourth-order valence-corrected chi connectivity index (χ4v) is 2.09. The molecule has 1 aliphatic heterocycles. The number of nitrogens with zero attached hydrogens (tertiary/aromatic N) is 1. The molecule has 5 nitrogen and oxygen atoms in total. The van der Waals surface area contributed by atoms with Crippen LogP contribution in [0.4, 0.5) is 0 Å². The van der Waals surface area contributed by atoms with E-state index in [4.69, 9.17) is 4.74 Å². The molecule has 1 fully saturated rings. The van der Waals surface area contributed by atoms with Crippen LogP contribution in [0.1, 0.15) is 39.5 Å². The van der Waals surface area contributed by atoms with Crippen molar-refractivity contribution < 1.29 is 14.3 Å². The van der Waals surface area contributed by atoms with E-state index in [1.165, 1.54) is 6.92 Å². The second-order valence-electron chi connectivity index (χ2n) is 4.76. The van der Waals surface area contributed by atoms with Crippen molar-refractivity contribution in [3.05, 3.63) is 0 Å². The number of likely N-dealkylation sites (tertiary alicyclic amines) is 1. The molecular formula is C13H24N2O3. The number of esters is 1. The summed E-state index contributed by atoms with van der Waals surface area (Å²) in [6.07, 6.45) is 3.24. The van der Waals surface area contributed by atoms with Crippen LogP contribution in [0.3, 0.4) is 0 Å². The van der Waals surface area contributed by atoms with Crippen molar-refractivity contribution in [2.75, 3.05) is 26.2 Å². The molecule has 0 atom stereocenters.